The van der Waals surface area contributed by atoms with Crippen LogP contribution in [-0.4, -0.2) is 24.7 Å². The molecule has 0 fully saturated rings. The molecule has 24 heavy (non-hydrogen) atoms. The van der Waals surface area contributed by atoms with Crippen molar-refractivity contribution in [3.63, 3.8) is 0 Å². The molecule has 0 atom stereocenters. The number of fused-ring (bicyclic) bond motifs is 1. The highest BCUT2D eigenvalue weighted by atomic mass is 16.1. The molecule has 120 valence electrons. The highest BCUT2D eigenvalue weighted by Gasteiger charge is 2.10. The van der Waals surface area contributed by atoms with Crippen molar-refractivity contribution in [2.75, 3.05) is 0 Å². The van der Waals surface area contributed by atoms with E-state index >= 15 is 0 Å². The van der Waals surface area contributed by atoms with Crippen LogP contribution in [0.1, 0.15) is 17.2 Å². The number of benzene rings is 2. The molecule has 2 aromatic carbocycles. The fraction of sp³-hybridized carbons (Fsp3) is 0.167. The molecular weight excluding hydrogens is 302 g/mol. The molecule has 0 radical (unpaired) electrons. The van der Waals surface area contributed by atoms with Gasteiger partial charge in [-0.1, -0.05) is 42.5 Å². The minimum Gasteiger partial charge on any atom is -0.342 e. The predicted molar refractivity (Wildman–Crippen MR) is 91.9 cm³/mol. The lowest BCUT2D eigenvalue weighted by molar-refractivity contribution is 0.688. The summed E-state index contributed by atoms with van der Waals surface area (Å²) in [6, 6.07) is 17.8. The summed E-state index contributed by atoms with van der Waals surface area (Å²) >= 11 is 0. The quantitative estimate of drug-likeness (QED) is 0.592. The van der Waals surface area contributed by atoms with Crippen LogP contribution in [0.15, 0.2) is 59.4 Å². The van der Waals surface area contributed by atoms with Gasteiger partial charge in [0.1, 0.15) is 11.6 Å². The second-order valence-corrected chi connectivity index (χ2v) is 5.72. The van der Waals surface area contributed by atoms with Crippen LogP contribution >= 0.6 is 0 Å². The third kappa shape index (κ3) is 2.86. The molecule has 2 N–H and O–H groups in total. The van der Waals surface area contributed by atoms with E-state index in [4.69, 9.17) is 0 Å². The van der Waals surface area contributed by atoms with Crippen molar-refractivity contribution in [3.05, 3.63) is 82.3 Å². The van der Waals surface area contributed by atoms with Gasteiger partial charge in [0.25, 0.3) is 0 Å². The fourth-order valence-corrected chi connectivity index (χ4v) is 2.82. The zero-order chi connectivity index (χ0) is 16.4. The van der Waals surface area contributed by atoms with Gasteiger partial charge in [-0.05, 0) is 17.7 Å². The summed E-state index contributed by atoms with van der Waals surface area (Å²) in [5.41, 5.74) is 2.87. The first kappa shape index (κ1) is 14.4. The lowest BCUT2D eigenvalue weighted by Gasteiger charge is -2.05. The van der Waals surface area contributed by atoms with E-state index in [2.05, 4.69) is 20.2 Å². The van der Waals surface area contributed by atoms with Crippen molar-refractivity contribution in [1.82, 2.24) is 24.7 Å². The first-order valence-corrected chi connectivity index (χ1v) is 7.91. The molecule has 2 heterocycles. The highest BCUT2D eigenvalue weighted by Crippen LogP contribution is 2.12. The van der Waals surface area contributed by atoms with E-state index < -0.39 is 0 Å². The second kappa shape index (κ2) is 6.16. The molecule has 0 aliphatic rings. The van der Waals surface area contributed by atoms with Crippen LogP contribution in [0, 0.1) is 0 Å². The van der Waals surface area contributed by atoms with Gasteiger partial charge in [-0.15, -0.1) is 0 Å². The van der Waals surface area contributed by atoms with Crippen LogP contribution in [0.25, 0.3) is 11.0 Å². The Morgan fingerprint density at radius 2 is 1.75 bits per heavy atom. The van der Waals surface area contributed by atoms with E-state index in [-0.39, 0.29) is 5.69 Å². The first-order valence-electron chi connectivity index (χ1n) is 7.91. The third-order valence-corrected chi connectivity index (χ3v) is 4.04. The van der Waals surface area contributed by atoms with Gasteiger partial charge in [-0.3, -0.25) is 4.57 Å². The van der Waals surface area contributed by atoms with E-state index in [0.717, 1.165) is 28.2 Å². The number of nitrogens with one attached hydrogen (secondary N) is 2. The van der Waals surface area contributed by atoms with Crippen LogP contribution in [0.4, 0.5) is 0 Å². The molecule has 0 bridgehead atoms. The van der Waals surface area contributed by atoms with E-state index in [1.807, 2.05) is 54.6 Å². The molecular formula is C18H17N5O. The second-order valence-electron chi connectivity index (χ2n) is 5.72. The molecule has 0 aliphatic heterocycles. The number of aryl methyl sites for hydroxylation is 2. The maximum atomic E-state index is 12.0. The fourth-order valence-electron chi connectivity index (χ4n) is 2.82. The summed E-state index contributed by atoms with van der Waals surface area (Å²) in [5, 5.41) is 6.71. The number of hydrogen-bond acceptors (Lipinski definition) is 3. The van der Waals surface area contributed by atoms with Gasteiger partial charge in [0.15, 0.2) is 0 Å². The summed E-state index contributed by atoms with van der Waals surface area (Å²) in [6.07, 6.45) is 1.35. The largest absolute Gasteiger partial charge is 0.343 e. The van der Waals surface area contributed by atoms with Crippen molar-refractivity contribution < 1.29 is 0 Å². The molecule has 4 rings (SSSR count). The molecule has 0 amide bonds. The maximum Gasteiger partial charge on any atom is 0.343 e. The standard InChI is InChI=1S/C18H17N5O/c24-18-22-21-17(23(18)12-13-6-2-1-3-7-13)11-10-16-19-14-8-4-5-9-15(14)20-16/h1-9H,10-12H2,(H,19,20)(H,22,24). The lowest BCUT2D eigenvalue weighted by atomic mass is 10.2. The third-order valence-electron chi connectivity index (χ3n) is 4.04. The molecule has 0 unspecified atom stereocenters. The van der Waals surface area contributed by atoms with E-state index in [0.29, 0.717) is 19.4 Å². The van der Waals surface area contributed by atoms with Crippen LogP contribution in [0.2, 0.25) is 0 Å². The van der Waals surface area contributed by atoms with Gasteiger partial charge in [0, 0.05) is 12.8 Å². The molecule has 6 nitrogen and oxygen atoms in total. The molecule has 6 heteroatoms. The van der Waals surface area contributed by atoms with Gasteiger partial charge in [-0.2, -0.15) is 5.10 Å². The molecule has 0 saturated heterocycles. The minimum absolute atomic E-state index is 0.182. The predicted octanol–water partition coefficient (Wildman–Crippen LogP) is 2.28. The SMILES string of the molecule is O=c1[nH]nc(CCc2nc3ccccc3[nH]2)n1Cc1ccccc1. The summed E-state index contributed by atoms with van der Waals surface area (Å²) in [6.45, 7) is 0.519. The van der Waals surface area contributed by atoms with Crippen LogP contribution in [-0.2, 0) is 19.4 Å². The van der Waals surface area contributed by atoms with Crippen LogP contribution in [0.3, 0.4) is 0 Å². The van der Waals surface area contributed by atoms with Crippen LogP contribution in [0.5, 0.6) is 0 Å². The normalized spacial score (nSPS) is 11.2. The molecule has 4 aromatic rings. The Labute approximate surface area is 138 Å². The Hall–Kier alpha value is -3.15. The van der Waals surface area contributed by atoms with Crippen molar-refractivity contribution in [2.45, 2.75) is 19.4 Å². The van der Waals surface area contributed by atoms with Gasteiger partial charge in [0.05, 0.1) is 17.6 Å². The maximum absolute atomic E-state index is 12.0. The number of H-pyrrole nitrogens is 2. The average molecular weight is 319 g/mol. The number of aromatic amines is 2. The van der Waals surface area contributed by atoms with Crippen molar-refractivity contribution in [1.29, 1.82) is 0 Å². The Morgan fingerprint density at radius 3 is 2.58 bits per heavy atom. The molecule has 0 spiro atoms. The van der Waals surface area contributed by atoms with E-state index in [1.54, 1.807) is 4.57 Å². The Morgan fingerprint density at radius 1 is 0.958 bits per heavy atom. The van der Waals surface area contributed by atoms with Gasteiger partial charge >= 0.3 is 5.69 Å². The lowest BCUT2D eigenvalue weighted by Crippen LogP contribution is -2.20. The topological polar surface area (TPSA) is 79.4 Å². The average Bonchev–Trinajstić information content (AvgIpc) is 3.18. The Kier molecular flexibility index (Phi) is 3.70. The summed E-state index contributed by atoms with van der Waals surface area (Å²) < 4.78 is 1.68. The zero-order valence-corrected chi connectivity index (χ0v) is 13.1. The van der Waals surface area contributed by atoms with E-state index in [1.165, 1.54) is 0 Å². The monoisotopic (exact) mass is 319 g/mol. The Balaban J connectivity index is 1.53. The number of rotatable bonds is 5. The number of hydrogen-bond donors (Lipinski definition) is 2. The number of aromatic nitrogens is 5. The van der Waals surface area contributed by atoms with Gasteiger partial charge in [-0.25, -0.2) is 14.9 Å². The molecule has 0 saturated carbocycles. The number of nitrogens with zero attached hydrogens (tertiary/aromatic N) is 3. The molecule has 0 aliphatic carbocycles. The number of para-hydroxylation sites is 2. The summed E-state index contributed by atoms with van der Waals surface area (Å²) in [7, 11) is 0. The van der Waals surface area contributed by atoms with Crippen LogP contribution < -0.4 is 5.69 Å². The highest BCUT2D eigenvalue weighted by molar-refractivity contribution is 5.74. The zero-order valence-electron chi connectivity index (χ0n) is 13.1. The van der Waals surface area contributed by atoms with Crippen molar-refractivity contribution >= 4 is 11.0 Å². The smallest absolute Gasteiger partial charge is 0.342 e. The number of imidazole rings is 1. The first-order chi connectivity index (χ1) is 11.8. The minimum atomic E-state index is -0.182. The van der Waals surface area contributed by atoms with Crippen molar-refractivity contribution in [2.24, 2.45) is 0 Å². The van der Waals surface area contributed by atoms with Crippen molar-refractivity contribution in [3.8, 4) is 0 Å². The summed E-state index contributed by atoms with van der Waals surface area (Å²) in [4.78, 5) is 19.9. The van der Waals surface area contributed by atoms with E-state index in [9.17, 15) is 4.79 Å². The van der Waals surface area contributed by atoms with Gasteiger partial charge in [0.2, 0.25) is 0 Å². The molecule has 2 aromatic heterocycles. The Bertz CT molecular complexity index is 980. The summed E-state index contributed by atoms with van der Waals surface area (Å²) in [5.74, 6) is 1.64. The van der Waals surface area contributed by atoms with Gasteiger partial charge < -0.3 is 4.98 Å².